The Morgan fingerprint density at radius 3 is 2.65 bits per heavy atom. The molecule has 0 spiro atoms. The molecule has 1 saturated carbocycles. The molecule has 1 nitrogen and oxygen atoms in total. The van der Waals surface area contributed by atoms with Crippen LogP contribution in [-0.4, -0.2) is 6.54 Å². The molecule has 112 valence electrons. The van der Waals surface area contributed by atoms with Crippen LogP contribution in [0.3, 0.4) is 0 Å². The maximum absolute atomic E-state index is 14.2. The van der Waals surface area contributed by atoms with Gasteiger partial charge >= 0.3 is 0 Å². The van der Waals surface area contributed by atoms with Crippen LogP contribution in [0.5, 0.6) is 0 Å². The molecule has 2 rings (SSSR count). The van der Waals surface area contributed by atoms with Crippen molar-refractivity contribution in [1.82, 2.24) is 5.32 Å². The normalized spacial score (nSPS) is 28.4. The molecule has 20 heavy (non-hydrogen) atoms. The lowest BCUT2D eigenvalue weighted by atomic mass is 9.72. The highest BCUT2D eigenvalue weighted by atomic mass is 19.1. The fraction of sp³-hybridized carbons (Fsp3) is 0.667. The zero-order chi connectivity index (χ0) is 14.7. The quantitative estimate of drug-likeness (QED) is 0.829. The van der Waals surface area contributed by atoms with Gasteiger partial charge in [-0.25, -0.2) is 4.39 Å². The van der Waals surface area contributed by atoms with Crippen molar-refractivity contribution in [2.24, 2.45) is 17.8 Å². The highest BCUT2D eigenvalue weighted by Gasteiger charge is 2.31. The Labute approximate surface area is 123 Å². The molecule has 1 aromatic carbocycles. The second-order valence-electron chi connectivity index (χ2n) is 6.59. The van der Waals surface area contributed by atoms with Crippen molar-refractivity contribution in [2.45, 2.75) is 53.0 Å². The van der Waals surface area contributed by atoms with Gasteiger partial charge in [0.2, 0.25) is 0 Å². The summed E-state index contributed by atoms with van der Waals surface area (Å²) in [6.45, 7) is 9.72. The second-order valence-corrected chi connectivity index (χ2v) is 6.59. The Hall–Kier alpha value is -0.890. The molecule has 0 bridgehead atoms. The molecule has 0 aromatic heterocycles. The smallest absolute Gasteiger partial charge is 0.128 e. The average molecular weight is 277 g/mol. The molecule has 1 aliphatic carbocycles. The van der Waals surface area contributed by atoms with Crippen molar-refractivity contribution in [2.75, 3.05) is 6.54 Å². The molecular weight excluding hydrogens is 249 g/mol. The number of nitrogens with one attached hydrogen (secondary N) is 1. The minimum absolute atomic E-state index is 0.0622. The number of rotatable bonds is 4. The highest BCUT2D eigenvalue weighted by molar-refractivity contribution is 5.27. The van der Waals surface area contributed by atoms with Crippen LogP contribution in [-0.2, 0) is 0 Å². The summed E-state index contributed by atoms with van der Waals surface area (Å²) in [6.07, 6.45) is 3.67. The van der Waals surface area contributed by atoms with E-state index in [0.717, 1.165) is 29.5 Å². The molecule has 2 heteroatoms. The van der Waals surface area contributed by atoms with Crippen LogP contribution < -0.4 is 5.32 Å². The Kier molecular flexibility index (Phi) is 5.20. The maximum Gasteiger partial charge on any atom is 0.128 e. The second kappa shape index (κ2) is 6.71. The van der Waals surface area contributed by atoms with E-state index in [4.69, 9.17) is 0 Å². The standard InChI is InChI=1S/C18H28FN/c1-5-20-18(15-8-7-13(3)14(4)11-15)16-10-12(2)6-9-17(16)19/h6,9-10,13-15,18,20H,5,7-8,11H2,1-4H3. The first-order chi connectivity index (χ1) is 9.52. The number of halogens is 1. The van der Waals surface area contributed by atoms with E-state index in [-0.39, 0.29) is 11.9 Å². The summed E-state index contributed by atoms with van der Waals surface area (Å²) in [5.74, 6) is 2.03. The van der Waals surface area contributed by atoms with Crippen LogP contribution in [0, 0.1) is 30.5 Å². The number of benzene rings is 1. The van der Waals surface area contributed by atoms with Gasteiger partial charge in [-0.1, -0.05) is 44.9 Å². The van der Waals surface area contributed by atoms with Gasteiger partial charge in [0.1, 0.15) is 5.82 Å². The van der Waals surface area contributed by atoms with Crippen molar-refractivity contribution >= 4 is 0 Å². The third kappa shape index (κ3) is 3.41. The van der Waals surface area contributed by atoms with Crippen LogP contribution in [0.1, 0.15) is 57.2 Å². The maximum atomic E-state index is 14.2. The molecule has 0 aliphatic heterocycles. The van der Waals surface area contributed by atoms with Crippen molar-refractivity contribution in [1.29, 1.82) is 0 Å². The lowest BCUT2D eigenvalue weighted by molar-refractivity contribution is 0.170. The minimum Gasteiger partial charge on any atom is -0.310 e. The topological polar surface area (TPSA) is 12.0 Å². The molecule has 0 saturated heterocycles. The van der Waals surface area contributed by atoms with Gasteiger partial charge in [-0.15, -0.1) is 0 Å². The summed E-state index contributed by atoms with van der Waals surface area (Å²) in [6, 6.07) is 5.65. The SMILES string of the molecule is CCNC(c1cc(C)ccc1F)C1CCC(C)C(C)C1. The molecule has 0 heterocycles. The summed E-state index contributed by atoms with van der Waals surface area (Å²) < 4.78 is 14.2. The van der Waals surface area contributed by atoms with Crippen LogP contribution in [0.15, 0.2) is 18.2 Å². The van der Waals surface area contributed by atoms with Crippen LogP contribution >= 0.6 is 0 Å². The van der Waals surface area contributed by atoms with Crippen molar-refractivity contribution < 1.29 is 4.39 Å². The Morgan fingerprint density at radius 2 is 2.00 bits per heavy atom. The van der Waals surface area contributed by atoms with Crippen LogP contribution in [0.4, 0.5) is 4.39 Å². The first-order valence-corrected chi connectivity index (χ1v) is 8.02. The van der Waals surface area contributed by atoms with E-state index in [0.29, 0.717) is 5.92 Å². The number of aryl methyl sites for hydroxylation is 1. The fourth-order valence-electron chi connectivity index (χ4n) is 3.54. The van der Waals surface area contributed by atoms with Gasteiger partial charge in [0.05, 0.1) is 0 Å². The highest BCUT2D eigenvalue weighted by Crippen LogP contribution is 2.40. The van der Waals surface area contributed by atoms with Crippen LogP contribution in [0.2, 0.25) is 0 Å². The first-order valence-electron chi connectivity index (χ1n) is 8.02. The van der Waals surface area contributed by atoms with Crippen molar-refractivity contribution in [3.63, 3.8) is 0 Å². The van der Waals surface area contributed by atoms with Crippen molar-refractivity contribution in [3.05, 3.63) is 35.1 Å². The zero-order valence-corrected chi connectivity index (χ0v) is 13.2. The Bertz CT molecular complexity index is 443. The van der Waals surface area contributed by atoms with E-state index in [1.54, 1.807) is 6.07 Å². The lowest BCUT2D eigenvalue weighted by Crippen LogP contribution is -2.33. The predicted octanol–water partition coefficient (Wildman–Crippen LogP) is 4.86. The summed E-state index contributed by atoms with van der Waals surface area (Å²) in [5, 5.41) is 3.53. The Morgan fingerprint density at radius 1 is 1.25 bits per heavy atom. The predicted molar refractivity (Wildman–Crippen MR) is 83.2 cm³/mol. The van der Waals surface area contributed by atoms with Gasteiger partial charge in [0.25, 0.3) is 0 Å². The third-order valence-corrected chi connectivity index (χ3v) is 5.02. The van der Waals surface area contributed by atoms with Gasteiger partial charge in [-0.05, 0) is 50.1 Å². The summed E-state index contributed by atoms with van der Waals surface area (Å²) in [7, 11) is 0. The monoisotopic (exact) mass is 277 g/mol. The van der Waals surface area contributed by atoms with E-state index in [1.165, 1.54) is 19.3 Å². The fourth-order valence-corrected chi connectivity index (χ4v) is 3.54. The van der Waals surface area contributed by atoms with E-state index in [9.17, 15) is 4.39 Å². The molecule has 4 atom stereocenters. The molecule has 1 N–H and O–H groups in total. The zero-order valence-electron chi connectivity index (χ0n) is 13.2. The molecular formula is C18H28FN. The van der Waals surface area contributed by atoms with E-state index in [1.807, 2.05) is 19.1 Å². The first kappa shape index (κ1) is 15.5. The van der Waals surface area contributed by atoms with Gasteiger partial charge in [0, 0.05) is 11.6 Å². The average Bonchev–Trinajstić information content (AvgIpc) is 2.42. The van der Waals surface area contributed by atoms with Gasteiger partial charge in [0.15, 0.2) is 0 Å². The minimum atomic E-state index is -0.0622. The van der Waals surface area contributed by atoms with Gasteiger partial charge < -0.3 is 5.32 Å². The Balaban J connectivity index is 2.24. The molecule has 0 radical (unpaired) electrons. The molecule has 4 unspecified atom stereocenters. The molecule has 1 fully saturated rings. The summed E-state index contributed by atoms with van der Waals surface area (Å²) in [5.41, 5.74) is 2.00. The van der Waals surface area contributed by atoms with E-state index < -0.39 is 0 Å². The lowest BCUT2D eigenvalue weighted by Gasteiger charge is -2.37. The third-order valence-electron chi connectivity index (χ3n) is 5.02. The number of hydrogen-bond acceptors (Lipinski definition) is 1. The van der Waals surface area contributed by atoms with E-state index >= 15 is 0 Å². The van der Waals surface area contributed by atoms with Gasteiger partial charge in [-0.2, -0.15) is 0 Å². The largest absolute Gasteiger partial charge is 0.310 e. The van der Waals surface area contributed by atoms with E-state index in [2.05, 4.69) is 26.1 Å². The van der Waals surface area contributed by atoms with Gasteiger partial charge in [-0.3, -0.25) is 0 Å². The van der Waals surface area contributed by atoms with Crippen molar-refractivity contribution in [3.8, 4) is 0 Å². The molecule has 1 aromatic rings. The molecule has 0 amide bonds. The van der Waals surface area contributed by atoms with Crippen LogP contribution in [0.25, 0.3) is 0 Å². The summed E-state index contributed by atoms with van der Waals surface area (Å²) in [4.78, 5) is 0. The summed E-state index contributed by atoms with van der Waals surface area (Å²) >= 11 is 0. The number of hydrogen-bond donors (Lipinski definition) is 1. The molecule has 1 aliphatic rings.